The van der Waals surface area contributed by atoms with Gasteiger partial charge in [-0.15, -0.1) is 0 Å². The fraction of sp³-hybridized carbons (Fsp3) is 1.00. The Morgan fingerprint density at radius 2 is 2.15 bits per heavy atom. The molecule has 3 atom stereocenters. The molecule has 3 unspecified atom stereocenters. The molecule has 1 saturated heterocycles. The second-order valence-corrected chi connectivity index (χ2v) is 5.01. The largest absolute Gasteiger partial charge is 0.377 e. The maximum atomic E-state index is 5.54. The molecule has 0 aromatic rings. The number of hydrogen-bond donors (Lipinski definition) is 1. The van der Waals surface area contributed by atoms with Crippen LogP contribution in [-0.4, -0.2) is 24.8 Å². The zero-order chi connectivity index (χ0) is 9.47. The van der Waals surface area contributed by atoms with Gasteiger partial charge >= 0.3 is 0 Å². The topological polar surface area (TPSA) is 21.3 Å². The average Bonchev–Trinajstić information content (AvgIpc) is 2.72. The lowest BCUT2D eigenvalue weighted by atomic mass is 9.99. The van der Waals surface area contributed by atoms with Gasteiger partial charge in [-0.05, 0) is 38.5 Å². The highest BCUT2D eigenvalue weighted by Gasteiger charge is 2.43. The van der Waals surface area contributed by atoms with Crippen LogP contribution < -0.4 is 5.32 Å². The predicted molar refractivity (Wildman–Crippen MR) is 53.8 cm³/mol. The van der Waals surface area contributed by atoms with Gasteiger partial charge in [-0.2, -0.15) is 0 Å². The Bertz CT molecular complexity index is 189. The minimum absolute atomic E-state index is 0.407. The van der Waals surface area contributed by atoms with Crippen molar-refractivity contribution in [3.8, 4) is 0 Å². The Labute approximate surface area is 81.0 Å². The maximum absolute atomic E-state index is 5.54. The van der Waals surface area contributed by atoms with Crippen LogP contribution in [0.4, 0.5) is 0 Å². The number of nitrogens with one attached hydrogen (secondary N) is 1. The summed E-state index contributed by atoms with van der Waals surface area (Å²) in [5.74, 6) is 0. The van der Waals surface area contributed by atoms with Crippen LogP contribution in [0.1, 0.15) is 40.0 Å². The van der Waals surface area contributed by atoms with Gasteiger partial charge in [-0.1, -0.05) is 6.92 Å². The van der Waals surface area contributed by atoms with Crippen LogP contribution in [-0.2, 0) is 4.74 Å². The van der Waals surface area contributed by atoms with Crippen molar-refractivity contribution < 1.29 is 4.74 Å². The summed E-state index contributed by atoms with van der Waals surface area (Å²) in [6, 6.07) is 1.24. The summed E-state index contributed by atoms with van der Waals surface area (Å²) in [4.78, 5) is 0. The van der Waals surface area contributed by atoms with Crippen LogP contribution in [0.3, 0.4) is 0 Å². The highest BCUT2D eigenvalue weighted by Crippen LogP contribution is 2.48. The van der Waals surface area contributed by atoms with Gasteiger partial charge in [0.15, 0.2) is 0 Å². The first kappa shape index (κ1) is 9.47. The van der Waals surface area contributed by atoms with E-state index < -0.39 is 0 Å². The molecule has 0 aromatic heterocycles. The third kappa shape index (κ3) is 1.89. The second-order valence-electron chi connectivity index (χ2n) is 5.01. The molecule has 0 spiro atoms. The average molecular weight is 183 g/mol. The molecule has 1 heterocycles. The first-order chi connectivity index (χ1) is 6.12. The molecule has 1 N–H and O–H groups in total. The Kier molecular flexibility index (Phi) is 2.37. The smallest absolute Gasteiger partial charge is 0.0700 e. The normalized spacial score (nSPS) is 39.0. The molecule has 0 aromatic carbocycles. The van der Waals surface area contributed by atoms with E-state index in [-0.39, 0.29) is 0 Å². The lowest BCUT2D eigenvalue weighted by molar-refractivity contribution is 0.109. The summed E-state index contributed by atoms with van der Waals surface area (Å²) in [5.41, 5.74) is 0.586. The Balaban J connectivity index is 1.83. The van der Waals surface area contributed by atoms with Crippen molar-refractivity contribution in [3.05, 3.63) is 0 Å². The number of ether oxygens (including phenoxy) is 1. The molecule has 2 heteroatoms. The SMILES string of the molecule is CC1OCCC1NC(C)C1(C)CC1. The molecule has 2 aliphatic rings. The fourth-order valence-corrected chi connectivity index (χ4v) is 2.10. The first-order valence-electron chi connectivity index (χ1n) is 5.49. The second kappa shape index (κ2) is 3.25. The van der Waals surface area contributed by atoms with Gasteiger partial charge in [0, 0.05) is 18.7 Å². The maximum Gasteiger partial charge on any atom is 0.0700 e. The highest BCUT2D eigenvalue weighted by molar-refractivity contribution is 4.98. The molecule has 1 aliphatic carbocycles. The van der Waals surface area contributed by atoms with Crippen LogP contribution in [0.15, 0.2) is 0 Å². The molecule has 1 saturated carbocycles. The van der Waals surface area contributed by atoms with Crippen molar-refractivity contribution in [2.24, 2.45) is 5.41 Å². The van der Waals surface area contributed by atoms with Crippen molar-refractivity contribution in [2.75, 3.05) is 6.61 Å². The number of hydrogen-bond acceptors (Lipinski definition) is 2. The standard InChI is InChI=1S/C11H21NO/c1-8-10(4-7-13-8)12-9(2)11(3)5-6-11/h8-10,12H,4-7H2,1-3H3. The van der Waals surface area contributed by atoms with Gasteiger partial charge < -0.3 is 10.1 Å². The molecule has 1 aliphatic heterocycles. The van der Waals surface area contributed by atoms with E-state index in [4.69, 9.17) is 4.74 Å². The monoisotopic (exact) mass is 183 g/mol. The molecule has 0 amide bonds. The Morgan fingerprint density at radius 3 is 2.62 bits per heavy atom. The van der Waals surface area contributed by atoms with Crippen LogP contribution in [0.5, 0.6) is 0 Å². The van der Waals surface area contributed by atoms with Gasteiger partial charge in [0.05, 0.1) is 6.10 Å². The molecule has 0 bridgehead atoms. The van der Waals surface area contributed by atoms with E-state index in [1.54, 1.807) is 0 Å². The minimum atomic E-state index is 0.407. The van der Waals surface area contributed by atoms with Crippen LogP contribution in [0, 0.1) is 5.41 Å². The molecule has 0 radical (unpaired) electrons. The predicted octanol–water partition coefficient (Wildman–Crippen LogP) is 1.94. The Morgan fingerprint density at radius 1 is 1.46 bits per heavy atom. The summed E-state index contributed by atoms with van der Waals surface area (Å²) in [7, 11) is 0. The van der Waals surface area contributed by atoms with E-state index in [9.17, 15) is 0 Å². The summed E-state index contributed by atoms with van der Waals surface area (Å²) in [6.07, 6.45) is 4.37. The van der Waals surface area contributed by atoms with Crippen LogP contribution in [0.2, 0.25) is 0 Å². The van der Waals surface area contributed by atoms with Crippen LogP contribution in [0.25, 0.3) is 0 Å². The van der Waals surface area contributed by atoms with Crippen molar-refractivity contribution in [1.29, 1.82) is 0 Å². The summed E-state index contributed by atoms with van der Waals surface area (Å²) < 4.78 is 5.54. The van der Waals surface area contributed by atoms with Crippen molar-refractivity contribution in [3.63, 3.8) is 0 Å². The zero-order valence-electron chi connectivity index (χ0n) is 8.97. The van der Waals surface area contributed by atoms with Gasteiger partial charge in [0.25, 0.3) is 0 Å². The van der Waals surface area contributed by atoms with E-state index in [1.165, 1.54) is 19.3 Å². The van der Waals surface area contributed by atoms with Crippen molar-refractivity contribution in [2.45, 2.75) is 58.2 Å². The van der Waals surface area contributed by atoms with E-state index >= 15 is 0 Å². The fourth-order valence-electron chi connectivity index (χ4n) is 2.10. The lowest BCUT2D eigenvalue weighted by Crippen LogP contribution is -2.44. The number of rotatable bonds is 3. The quantitative estimate of drug-likeness (QED) is 0.722. The van der Waals surface area contributed by atoms with E-state index in [2.05, 4.69) is 26.1 Å². The van der Waals surface area contributed by atoms with E-state index in [0.29, 0.717) is 23.6 Å². The highest BCUT2D eigenvalue weighted by atomic mass is 16.5. The summed E-state index contributed by atoms with van der Waals surface area (Å²) >= 11 is 0. The van der Waals surface area contributed by atoms with E-state index in [0.717, 1.165) is 6.61 Å². The zero-order valence-corrected chi connectivity index (χ0v) is 8.97. The molecule has 2 rings (SSSR count). The van der Waals surface area contributed by atoms with Crippen molar-refractivity contribution in [1.82, 2.24) is 5.32 Å². The third-order valence-corrected chi connectivity index (χ3v) is 3.92. The Hall–Kier alpha value is -0.0800. The van der Waals surface area contributed by atoms with Gasteiger partial charge in [-0.25, -0.2) is 0 Å². The van der Waals surface area contributed by atoms with E-state index in [1.807, 2.05) is 0 Å². The summed E-state index contributed by atoms with van der Waals surface area (Å²) in [6.45, 7) is 7.80. The molecule has 76 valence electrons. The molecular formula is C11H21NO. The van der Waals surface area contributed by atoms with Gasteiger partial charge in [0.1, 0.15) is 0 Å². The minimum Gasteiger partial charge on any atom is -0.377 e. The lowest BCUT2D eigenvalue weighted by Gasteiger charge is -2.26. The third-order valence-electron chi connectivity index (χ3n) is 3.92. The summed E-state index contributed by atoms with van der Waals surface area (Å²) in [5, 5.41) is 3.71. The van der Waals surface area contributed by atoms with Gasteiger partial charge in [-0.3, -0.25) is 0 Å². The molecular weight excluding hydrogens is 162 g/mol. The van der Waals surface area contributed by atoms with Gasteiger partial charge in [0.2, 0.25) is 0 Å². The first-order valence-corrected chi connectivity index (χ1v) is 5.49. The van der Waals surface area contributed by atoms with Crippen LogP contribution >= 0.6 is 0 Å². The molecule has 13 heavy (non-hydrogen) atoms. The molecule has 2 nitrogen and oxygen atoms in total. The molecule has 2 fully saturated rings. The van der Waals surface area contributed by atoms with Crippen molar-refractivity contribution >= 4 is 0 Å².